The average molecular weight is 183 g/mol. The zero-order valence-corrected chi connectivity index (χ0v) is 7.75. The summed E-state index contributed by atoms with van der Waals surface area (Å²) in [7, 11) is 0. The van der Waals surface area contributed by atoms with Gasteiger partial charge in [0, 0.05) is 6.04 Å². The molecule has 0 radical (unpaired) electrons. The second kappa shape index (κ2) is 3.64. The van der Waals surface area contributed by atoms with Crippen molar-refractivity contribution >= 4 is 5.91 Å². The second-order valence-electron chi connectivity index (χ2n) is 4.11. The van der Waals surface area contributed by atoms with E-state index in [1.807, 2.05) is 0 Å². The molecular formula is C9H17N3O. The van der Waals surface area contributed by atoms with Gasteiger partial charge in [0.2, 0.25) is 0 Å². The molecule has 3 unspecified atom stereocenters. The van der Waals surface area contributed by atoms with Gasteiger partial charge in [-0.1, -0.05) is 12.8 Å². The first-order chi connectivity index (χ1) is 6.31. The fourth-order valence-electron chi connectivity index (χ4n) is 2.62. The molecule has 3 atom stereocenters. The number of carbonyl (C=O) groups is 1. The number of fused-ring (bicyclic) bond motifs is 1. The van der Waals surface area contributed by atoms with E-state index in [4.69, 9.17) is 5.84 Å². The van der Waals surface area contributed by atoms with E-state index in [-0.39, 0.29) is 11.9 Å². The lowest BCUT2D eigenvalue weighted by atomic mass is 9.85. The molecule has 0 aromatic rings. The molecule has 74 valence electrons. The van der Waals surface area contributed by atoms with Crippen molar-refractivity contribution in [3.05, 3.63) is 0 Å². The van der Waals surface area contributed by atoms with Crippen LogP contribution in [0.4, 0.5) is 0 Å². The van der Waals surface area contributed by atoms with Gasteiger partial charge in [0.05, 0.1) is 6.04 Å². The summed E-state index contributed by atoms with van der Waals surface area (Å²) < 4.78 is 0. The topological polar surface area (TPSA) is 67.1 Å². The predicted molar refractivity (Wildman–Crippen MR) is 49.6 cm³/mol. The lowest BCUT2D eigenvalue weighted by Crippen LogP contribution is -2.45. The van der Waals surface area contributed by atoms with Crippen LogP contribution in [0.3, 0.4) is 0 Å². The van der Waals surface area contributed by atoms with E-state index in [0.717, 1.165) is 6.42 Å². The normalized spacial score (nSPS) is 38.4. The highest BCUT2D eigenvalue weighted by atomic mass is 16.2. The molecule has 0 bridgehead atoms. The van der Waals surface area contributed by atoms with Crippen molar-refractivity contribution in [3.63, 3.8) is 0 Å². The van der Waals surface area contributed by atoms with E-state index >= 15 is 0 Å². The van der Waals surface area contributed by atoms with Crippen molar-refractivity contribution in [2.75, 3.05) is 0 Å². The molecular weight excluding hydrogens is 166 g/mol. The summed E-state index contributed by atoms with van der Waals surface area (Å²) in [6.07, 6.45) is 6.07. The Morgan fingerprint density at radius 3 is 2.85 bits per heavy atom. The third-order valence-electron chi connectivity index (χ3n) is 3.32. The highest BCUT2D eigenvalue weighted by Crippen LogP contribution is 2.32. The molecule has 4 N–H and O–H groups in total. The Hall–Kier alpha value is -0.610. The summed E-state index contributed by atoms with van der Waals surface area (Å²) in [5.41, 5.74) is 2.22. The molecule has 1 amide bonds. The first kappa shape index (κ1) is 8.97. The second-order valence-corrected chi connectivity index (χ2v) is 4.11. The minimum absolute atomic E-state index is 0.0434. The van der Waals surface area contributed by atoms with Crippen LogP contribution in [0.25, 0.3) is 0 Å². The Kier molecular flexibility index (Phi) is 2.51. The fraction of sp³-hybridized carbons (Fsp3) is 0.889. The maximum absolute atomic E-state index is 11.3. The number of carbonyl (C=O) groups excluding carboxylic acids is 1. The third kappa shape index (κ3) is 1.69. The van der Waals surface area contributed by atoms with Crippen molar-refractivity contribution < 1.29 is 4.79 Å². The SMILES string of the molecule is NNC(=O)C1CC2CCCCC2N1. The molecule has 4 nitrogen and oxygen atoms in total. The van der Waals surface area contributed by atoms with Crippen LogP contribution in [-0.4, -0.2) is 18.0 Å². The van der Waals surface area contributed by atoms with E-state index < -0.39 is 0 Å². The Bertz CT molecular complexity index is 193. The van der Waals surface area contributed by atoms with Gasteiger partial charge in [0.1, 0.15) is 0 Å². The molecule has 2 aliphatic rings. The molecule has 1 saturated carbocycles. The molecule has 1 aliphatic heterocycles. The molecule has 2 rings (SSSR count). The zero-order chi connectivity index (χ0) is 9.26. The van der Waals surface area contributed by atoms with Gasteiger partial charge in [-0.15, -0.1) is 0 Å². The Morgan fingerprint density at radius 2 is 2.15 bits per heavy atom. The third-order valence-corrected chi connectivity index (χ3v) is 3.32. The summed E-state index contributed by atoms with van der Waals surface area (Å²) in [5.74, 6) is 5.75. The summed E-state index contributed by atoms with van der Waals surface area (Å²) in [4.78, 5) is 11.3. The van der Waals surface area contributed by atoms with Crippen molar-refractivity contribution in [3.8, 4) is 0 Å². The van der Waals surface area contributed by atoms with Crippen LogP contribution in [0.5, 0.6) is 0 Å². The molecule has 4 heteroatoms. The van der Waals surface area contributed by atoms with Crippen LogP contribution in [0.1, 0.15) is 32.1 Å². The minimum Gasteiger partial charge on any atom is -0.303 e. The largest absolute Gasteiger partial charge is 0.303 e. The molecule has 1 saturated heterocycles. The Morgan fingerprint density at radius 1 is 1.38 bits per heavy atom. The number of nitrogens with one attached hydrogen (secondary N) is 2. The van der Waals surface area contributed by atoms with Crippen LogP contribution in [0, 0.1) is 5.92 Å². The number of hydrogen-bond acceptors (Lipinski definition) is 3. The number of amides is 1. The molecule has 2 fully saturated rings. The van der Waals surface area contributed by atoms with Gasteiger partial charge in [0.25, 0.3) is 5.91 Å². The fourth-order valence-corrected chi connectivity index (χ4v) is 2.62. The summed E-state index contributed by atoms with van der Waals surface area (Å²) >= 11 is 0. The van der Waals surface area contributed by atoms with E-state index in [9.17, 15) is 4.79 Å². The molecule has 0 aromatic carbocycles. The standard InChI is InChI=1S/C9H17N3O/c10-12-9(13)8-5-6-3-1-2-4-7(6)11-8/h6-8,11H,1-5,10H2,(H,12,13). The van der Waals surface area contributed by atoms with Gasteiger partial charge in [-0.2, -0.15) is 0 Å². The maximum Gasteiger partial charge on any atom is 0.251 e. The number of hydrogen-bond donors (Lipinski definition) is 3. The molecule has 0 spiro atoms. The molecule has 1 aliphatic carbocycles. The van der Waals surface area contributed by atoms with Crippen LogP contribution in [0.2, 0.25) is 0 Å². The minimum atomic E-state index is -0.0607. The Balaban J connectivity index is 1.94. The molecule has 1 heterocycles. The van der Waals surface area contributed by atoms with Crippen LogP contribution in [-0.2, 0) is 4.79 Å². The number of rotatable bonds is 1. The summed E-state index contributed by atoms with van der Waals surface area (Å²) in [6, 6.07) is 0.522. The maximum atomic E-state index is 11.3. The van der Waals surface area contributed by atoms with Crippen LogP contribution >= 0.6 is 0 Å². The summed E-state index contributed by atoms with van der Waals surface area (Å²) in [6.45, 7) is 0. The van der Waals surface area contributed by atoms with Gasteiger partial charge in [0.15, 0.2) is 0 Å². The van der Waals surface area contributed by atoms with E-state index in [1.165, 1.54) is 25.7 Å². The molecule has 13 heavy (non-hydrogen) atoms. The van der Waals surface area contributed by atoms with E-state index in [1.54, 1.807) is 0 Å². The van der Waals surface area contributed by atoms with Crippen LogP contribution in [0.15, 0.2) is 0 Å². The van der Waals surface area contributed by atoms with E-state index in [0.29, 0.717) is 12.0 Å². The Labute approximate surface area is 78.2 Å². The van der Waals surface area contributed by atoms with Crippen LogP contribution < -0.4 is 16.6 Å². The highest BCUT2D eigenvalue weighted by Gasteiger charge is 2.37. The van der Waals surface area contributed by atoms with Crippen molar-refractivity contribution in [1.29, 1.82) is 0 Å². The highest BCUT2D eigenvalue weighted by molar-refractivity contribution is 5.81. The van der Waals surface area contributed by atoms with Gasteiger partial charge in [-0.25, -0.2) is 5.84 Å². The van der Waals surface area contributed by atoms with Crippen molar-refractivity contribution in [2.45, 2.75) is 44.2 Å². The molecule has 0 aromatic heterocycles. The average Bonchev–Trinajstić information content (AvgIpc) is 2.59. The monoisotopic (exact) mass is 183 g/mol. The first-order valence-corrected chi connectivity index (χ1v) is 5.08. The lowest BCUT2D eigenvalue weighted by molar-refractivity contribution is -0.122. The van der Waals surface area contributed by atoms with Gasteiger partial charge >= 0.3 is 0 Å². The number of nitrogens with two attached hydrogens (primary N) is 1. The van der Waals surface area contributed by atoms with Gasteiger partial charge in [-0.05, 0) is 25.2 Å². The van der Waals surface area contributed by atoms with Gasteiger partial charge in [-0.3, -0.25) is 10.2 Å². The number of hydrazine groups is 1. The van der Waals surface area contributed by atoms with Crippen molar-refractivity contribution in [1.82, 2.24) is 10.7 Å². The van der Waals surface area contributed by atoms with Gasteiger partial charge < -0.3 is 5.32 Å². The first-order valence-electron chi connectivity index (χ1n) is 5.08. The van der Waals surface area contributed by atoms with Crippen molar-refractivity contribution in [2.24, 2.45) is 11.8 Å². The quantitative estimate of drug-likeness (QED) is 0.302. The predicted octanol–water partition coefficient (Wildman–Crippen LogP) is -0.103. The van der Waals surface area contributed by atoms with E-state index in [2.05, 4.69) is 10.7 Å². The lowest BCUT2D eigenvalue weighted by Gasteiger charge is -2.24. The smallest absolute Gasteiger partial charge is 0.251 e. The zero-order valence-electron chi connectivity index (χ0n) is 7.75. The summed E-state index contributed by atoms with van der Waals surface area (Å²) in [5, 5.41) is 3.35.